The van der Waals surface area contributed by atoms with Crippen LogP contribution in [0.15, 0.2) is 48.5 Å². The molecule has 0 radical (unpaired) electrons. The molecule has 2 aromatic rings. The maximum absolute atomic E-state index is 12.5. The highest BCUT2D eigenvalue weighted by Gasteiger charge is 2.24. The predicted molar refractivity (Wildman–Crippen MR) is 106 cm³/mol. The van der Waals surface area contributed by atoms with Crippen LogP contribution in [0.3, 0.4) is 0 Å². The van der Waals surface area contributed by atoms with Crippen molar-refractivity contribution in [3.63, 3.8) is 0 Å². The van der Waals surface area contributed by atoms with Crippen molar-refractivity contribution < 1.29 is 14.3 Å². The number of hydrogen-bond donors (Lipinski definition) is 1. The molecule has 5 nitrogen and oxygen atoms in total. The van der Waals surface area contributed by atoms with Gasteiger partial charge in [-0.25, -0.2) is 0 Å². The number of carbonyl (C=O) groups excluding carboxylic acids is 1. The molecule has 144 valence electrons. The smallest absolute Gasteiger partial charge is 0.224 e. The third-order valence-electron chi connectivity index (χ3n) is 4.74. The zero-order valence-electron chi connectivity index (χ0n) is 15.5. The lowest BCUT2D eigenvalue weighted by Gasteiger charge is -2.35. The van der Waals surface area contributed by atoms with Crippen LogP contribution in [0.2, 0.25) is 5.02 Å². The van der Waals surface area contributed by atoms with Crippen molar-refractivity contribution in [2.24, 2.45) is 0 Å². The van der Waals surface area contributed by atoms with E-state index in [1.54, 1.807) is 7.11 Å². The van der Waals surface area contributed by atoms with Crippen molar-refractivity contribution in [3.05, 3.63) is 64.7 Å². The van der Waals surface area contributed by atoms with E-state index in [4.69, 9.17) is 21.1 Å². The van der Waals surface area contributed by atoms with Gasteiger partial charge < -0.3 is 14.8 Å². The van der Waals surface area contributed by atoms with E-state index in [0.717, 1.165) is 35.0 Å². The van der Waals surface area contributed by atoms with Gasteiger partial charge in [-0.05, 0) is 29.3 Å². The molecular formula is C21H25ClN2O3. The van der Waals surface area contributed by atoms with Crippen LogP contribution >= 0.6 is 11.6 Å². The van der Waals surface area contributed by atoms with Gasteiger partial charge in [0.05, 0.1) is 32.8 Å². The Labute approximate surface area is 165 Å². The molecule has 3 rings (SSSR count). The molecule has 1 fully saturated rings. The van der Waals surface area contributed by atoms with E-state index in [9.17, 15) is 4.79 Å². The Morgan fingerprint density at radius 1 is 1.22 bits per heavy atom. The van der Waals surface area contributed by atoms with E-state index in [1.165, 1.54) is 0 Å². The lowest BCUT2D eigenvalue weighted by atomic mass is 10.0. The number of halogens is 1. The first-order chi connectivity index (χ1) is 13.2. The van der Waals surface area contributed by atoms with Gasteiger partial charge in [-0.15, -0.1) is 0 Å². The molecule has 0 bridgehead atoms. The summed E-state index contributed by atoms with van der Waals surface area (Å²) in [4.78, 5) is 14.8. The third kappa shape index (κ3) is 5.45. The number of nitrogens with one attached hydrogen (secondary N) is 1. The Morgan fingerprint density at radius 2 is 2.00 bits per heavy atom. The fraction of sp³-hybridized carbons (Fsp3) is 0.381. The summed E-state index contributed by atoms with van der Waals surface area (Å²) < 4.78 is 10.7. The van der Waals surface area contributed by atoms with Crippen molar-refractivity contribution in [1.29, 1.82) is 0 Å². The molecule has 1 atom stereocenters. The molecule has 1 heterocycles. The molecule has 1 saturated heterocycles. The van der Waals surface area contributed by atoms with E-state index in [0.29, 0.717) is 26.2 Å². The predicted octanol–water partition coefficient (Wildman–Crippen LogP) is 3.08. The number of morpholine rings is 1. The quantitative estimate of drug-likeness (QED) is 0.792. The van der Waals surface area contributed by atoms with Gasteiger partial charge in [0.1, 0.15) is 5.75 Å². The van der Waals surface area contributed by atoms with Crippen molar-refractivity contribution >= 4 is 17.5 Å². The molecule has 1 unspecified atom stereocenters. The first kappa shape index (κ1) is 19.7. The number of hydrogen-bond acceptors (Lipinski definition) is 4. The molecular weight excluding hydrogens is 364 g/mol. The topological polar surface area (TPSA) is 50.8 Å². The van der Waals surface area contributed by atoms with Crippen molar-refractivity contribution in [2.75, 3.05) is 40.0 Å². The van der Waals surface area contributed by atoms with Gasteiger partial charge >= 0.3 is 0 Å². The SMILES string of the molecule is COc1cccc(CC(=O)NCC(c2ccccc2Cl)N2CCOCC2)c1. The molecule has 0 aliphatic carbocycles. The Hall–Kier alpha value is -2.08. The maximum Gasteiger partial charge on any atom is 0.224 e. The highest BCUT2D eigenvalue weighted by molar-refractivity contribution is 6.31. The highest BCUT2D eigenvalue weighted by atomic mass is 35.5. The average molecular weight is 389 g/mol. The summed E-state index contributed by atoms with van der Waals surface area (Å²) in [5.41, 5.74) is 1.95. The second-order valence-electron chi connectivity index (χ2n) is 6.52. The molecule has 1 N–H and O–H groups in total. The lowest BCUT2D eigenvalue weighted by Crippen LogP contribution is -2.44. The summed E-state index contributed by atoms with van der Waals surface area (Å²) in [5.74, 6) is 0.733. The fourth-order valence-corrected chi connectivity index (χ4v) is 3.57. The largest absolute Gasteiger partial charge is 0.497 e. The van der Waals surface area contributed by atoms with Crippen LogP contribution in [-0.4, -0.2) is 50.8 Å². The van der Waals surface area contributed by atoms with E-state index < -0.39 is 0 Å². The Bertz CT molecular complexity index is 763. The Kier molecular flexibility index (Phi) is 7.10. The Balaban J connectivity index is 1.66. The van der Waals surface area contributed by atoms with Crippen molar-refractivity contribution in [1.82, 2.24) is 10.2 Å². The summed E-state index contributed by atoms with van der Waals surface area (Å²) in [5, 5.41) is 3.79. The molecule has 2 aromatic carbocycles. The summed E-state index contributed by atoms with van der Waals surface area (Å²) in [6.07, 6.45) is 0.315. The van der Waals surface area contributed by atoms with Crippen molar-refractivity contribution in [3.8, 4) is 5.75 Å². The minimum Gasteiger partial charge on any atom is -0.497 e. The number of benzene rings is 2. The number of methoxy groups -OCH3 is 1. The van der Waals surface area contributed by atoms with E-state index in [1.807, 2.05) is 48.5 Å². The normalized spacial score (nSPS) is 15.9. The van der Waals surface area contributed by atoms with Crippen LogP contribution in [0.25, 0.3) is 0 Å². The molecule has 1 aliphatic heterocycles. The van der Waals surface area contributed by atoms with E-state index >= 15 is 0 Å². The number of ether oxygens (including phenoxy) is 2. The standard InChI is InChI=1S/C21H25ClN2O3/c1-26-17-6-4-5-16(13-17)14-21(25)23-15-20(24-9-11-27-12-10-24)18-7-2-3-8-19(18)22/h2-8,13,20H,9-12,14-15H2,1H3,(H,23,25). The van der Waals surface area contributed by atoms with Gasteiger partial charge in [0.25, 0.3) is 0 Å². The minimum atomic E-state index is -0.0198. The Morgan fingerprint density at radius 3 is 2.74 bits per heavy atom. The van der Waals surface area contributed by atoms with Gasteiger partial charge in [-0.2, -0.15) is 0 Å². The fourth-order valence-electron chi connectivity index (χ4n) is 3.31. The van der Waals surface area contributed by atoms with Crippen molar-refractivity contribution in [2.45, 2.75) is 12.5 Å². The second-order valence-corrected chi connectivity index (χ2v) is 6.93. The van der Waals surface area contributed by atoms with E-state index in [2.05, 4.69) is 10.2 Å². The number of rotatable bonds is 7. The monoisotopic (exact) mass is 388 g/mol. The van der Waals surface area contributed by atoms with Gasteiger partial charge in [-0.3, -0.25) is 9.69 Å². The molecule has 1 amide bonds. The van der Waals surface area contributed by atoms with Gasteiger partial charge in [-0.1, -0.05) is 41.9 Å². The van der Waals surface area contributed by atoms with Gasteiger partial charge in [0, 0.05) is 24.7 Å². The maximum atomic E-state index is 12.5. The van der Waals surface area contributed by atoms with E-state index in [-0.39, 0.29) is 11.9 Å². The minimum absolute atomic E-state index is 0.0198. The van der Waals surface area contributed by atoms with Crippen LogP contribution in [0, 0.1) is 0 Å². The zero-order chi connectivity index (χ0) is 19.1. The molecule has 0 aromatic heterocycles. The van der Waals surface area contributed by atoms with Crippen LogP contribution in [0.4, 0.5) is 0 Å². The molecule has 0 spiro atoms. The van der Waals surface area contributed by atoms with Gasteiger partial charge in [0.15, 0.2) is 0 Å². The van der Waals surface area contributed by atoms with Crippen LogP contribution < -0.4 is 10.1 Å². The first-order valence-corrected chi connectivity index (χ1v) is 9.51. The summed E-state index contributed by atoms with van der Waals surface area (Å²) in [7, 11) is 1.62. The lowest BCUT2D eigenvalue weighted by molar-refractivity contribution is -0.120. The van der Waals surface area contributed by atoms with Crippen LogP contribution in [0.1, 0.15) is 17.2 Å². The zero-order valence-corrected chi connectivity index (χ0v) is 16.2. The second kappa shape index (κ2) is 9.74. The van der Waals surface area contributed by atoms with Crippen LogP contribution in [0.5, 0.6) is 5.75 Å². The third-order valence-corrected chi connectivity index (χ3v) is 5.09. The first-order valence-electron chi connectivity index (χ1n) is 9.13. The molecule has 1 aliphatic rings. The highest BCUT2D eigenvalue weighted by Crippen LogP contribution is 2.27. The average Bonchev–Trinajstić information content (AvgIpc) is 2.70. The van der Waals surface area contributed by atoms with Gasteiger partial charge in [0.2, 0.25) is 5.91 Å². The molecule has 6 heteroatoms. The number of nitrogens with zero attached hydrogens (tertiary/aromatic N) is 1. The number of amides is 1. The number of carbonyl (C=O) groups is 1. The van der Waals surface area contributed by atoms with Crippen LogP contribution in [-0.2, 0) is 16.0 Å². The molecule has 0 saturated carbocycles. The summed E-state index contributed by atoms with van der Waals surface area (Å²) >= 11 is 6.43. The summed E-state index contributed by atoms with van der Waals surface area (Å²) in [6.45, 7) is 3.53. The summed E-state index contributed by atoms with van der Waals surface area (Å²) in [6, 6.07) is 15.4. The molecule has 27 heavy (non-hydrogen) atoms.